The topological polar surface area (TPSA) is 132 Å². The fourth-order valence-corrected chi connectivity index (χ4v) is 2.82. The van der Waals surface area contributed by atoms with E-state index in [1.165, 1.54) is 0 Å². The molecule has 0 atom stereocenters. The molecule has 0 aliphatic carbocycles. The quantitative estimate of drug-likeness (QED) is 0.625. The summed E-state index contributed by atoms with van der Waals surface area (Å²) in [6.45, 7) is 5.16. The first-order chi connectivity index (χ1) is 11.3. The number of aromatic nitrogens is 4. The highest BCUT2D eigenvalue weighted by Crippen LogP contribution is 2.23. The molecule has 4 N–H and O–H groups in total. The molecule has 0 amide bonds. The molecule has 0 radical (unpaired) electrons. The second-order valence-electron chi connectivity index (χ2n) is 5.97. The Kier molecular flexibility index (Phi) is 5.38. The van der Waals surface area contributed by atoms with Gasteiger partial charge in [0.2, 0.25) is 11.8 Å². The third-order valence-corrected chi connectivity index (χ3v) is 3.91. The van der Waals surface area contributed by atoms with Crippen molar-refractivity contribution >= 4 is 0 Å². The van der Waals surface area contributed by atoms with Crippen molar-refractivity contribution in [3.05, 3.63) is 43.5 Å². The minimum Gasteiger partial charge on any atom is -0.493 e. The molecule has 0 bridgehead atoms. The van der Waals surface area contributed by atoms with Crippen LogP contribution in [0.5, 0.6) is 11.8 Å². The van der Waals surface area contributed by atoms with Crippen LogP contribution >= 0.6 is 0 Å². The van der Waals surface area contributed by atoms with E-state index in [-0.39, 0.29) is 52.8 Å². The van der Waals surface area contributed by atoms with Crippen LogP contribution in [0.2, 0.25) is 0 Å². The summed E-state index contributed by atoms with van der Waals surface area (Å²) >= 11 is 0. The normalized spacial score (nSPS) is 11.2. The summed E-state index contributed by atoms with van der Waals surface area (Å²) in [5, 5.41) is 19.9. The Hall–Kier alpha value is -2.64. The third kappa shape index (κ3) is 4.01. The van der Waals surface area contributed by atoms with Crippen molar-refractivity contribution in [3.63, 3.8) is 0 Å². The maximum atomic E-state index is 12.0. The second kappa shape index (κ2) is 7.29. The molecule has 2 heterocycles. The van der Waals surface area contributed by atoms with Crippen molar-refractivity contribution in [2.24, 2.45) is 5.92 Å². The van der Waals surface area contributed by atoms with Gasteiger partial charge in [-0.25, -0.2) is 9.97 Å². The number of aromatic amines is 2. The summed E-state index contributed by atoms with van der Waals surface area (Å²) in [6, 6.07) is 0. The summed E-state index contributed by atoms with van der Waals surface area (Å²) in [6.07, 6.45) is 2.07. The molecule has 0 spiro atoms. The number of nitrogens with one attached hydrogen (secondary N) is 2. The van der Waals surface area contributed by atoms with Crippen LogP contribution in [-0.2, 0) is 12.8 Å². The van der Waals surface area contributed by atoms with Crippen molar-refractivity contribution in [2.75, 3.05) is 0 Å². The van der Waals surface area contributed by atoms with Crippen LogP contribution in [-0.4, -0.2) is 30.1 Å². The molecule has 0 unspecified atom stereocenters. The van der Waals surface area contributed by atoms with Crippen molar-refractivity contribution in [3.8, 4) is 11.8 Å². The van der Waals surface area contributed by atoms with Gasteiger partial charge in [-0.3, -0.25) is 9.59 Å². The zero-order chi connectivity index (χ0) is 17.9. The van der Waals surface area contributed by atoms with Crippen molar-refractivity contribution in [1.29, 1.82) is 0 Å². The third-order valence-electron chi connectivity index (χ3n) is 3.91. The van der Waals surface area contributed by atoms with E-state index in [9.17, 15) is 19.8 Å². The van der Waals surface area contributed by atoms with E-state index in [4.69, 9.17) is 0 Å². The fourth-order valence-electron chi connectivity index (χ4n) is 2.82. The summed E-state index contributed by atoms with van der Waals surface area (Å²) < 4.78 is 0. The standard InChI is InChI=1S/C16H22N4O4/c1-4-5-10(6-11-13(21)17-8(2)18-14(11)22)7-12-15(23)19-9(3)20-16(12)24/h10H,4-7H2,1-3H3,(H2,17,18,21,22)(H2,19,20,23,24). The Labute approximate surface area is 138 Å². The average Bonchev–Trinajstić information content (AvgIpc) is 2.46. The summed E-state index contributed by atoms with van der Waals surface area (Å²) in [5.41, 5.74) is -0.396. The second-order valence-corrected chi connectivity index (χ2v) is 5.97. The molecular weight excluding hydrogens is 312 g/mol. The smallest absolute Gasteiger partial charge is 0.257 e. The Morgan fingerprint density at radius 2 is 1.33 bits per heavy atom. The molecule has 2 aromatic rings. The van der Waals surface area contributed by atoms with Gasteiger partial charge >= 0.3 is 0 Å². The predicted molar refractivity (Wildman–Crippen MR) is 88.3 cm³/mol. The number of aromatic hydroxyl groups is 2. The Morgan fingerprint density at radius 1 is 0.917 bits per heavy atom. The van der Waals surface area contributed by atoms with E-state index in [1.54, 1.807) is 13.8 Å². The van der Waals surface area contributed by atoms with Gasteiger partial charge in [0.25, 0.3) is 11.1 Å². The molecule has 8 nitrogen and oxygen atoms in total. The van der Waals surface area contributed by atoms with E-state index in [0.717, 1.165) is 12.8 Å². The highest BCUT2D eigenvalue weighted by Gasteiger charge is 2.20. The van der Waals surface area contributed by atoms with Gasteiger partial charge in [-0.05, 0) is 32.6 Å². The molecule has 0 aliphatic heterocycles. The van der Waals surface area contributed by atoms with Crippen LogP contribution in [0, 0.1) is 19.8 Å². The number of aryl methyl sites for hydroxylation is 2. The van der Waals surface area contributed by atoms with Gasteiger partial charge < -0.3 is 20.2 Å². The first kappa shape index (κ1) is 17.7. The van der Waals surface area contributed by atoms with Gasteiger partial charge in [0, 0.05) is 0 Å². The van der Waals surface area contributed by atoms with Gasteiger partial charge in [-0.2, -0.15) is 0 Å². The lowest BCUT2D eigenvalue weighted by atomic mass is 9.90. The van der Waals surface area contributed by atoms with Gasteiger partial charge in [-0.15, -0.1) is 0 Å². The molecule has 130 valence electrons. The number of H-pyrrole nitrogens is 2. The largest absolute Gasteiger partial charge is 0.493 e. The molecule has 0 fully saturated rings. The van der Waals surface area contributed by atoms with E-state index < -0.39 is 0 Å². The molecular formula is C16H22N4O4. The zero-order valence-corrected chi connectivity index (χ0v) is 14.0. The number of hydrogen-bond donors (Lipinski definition) is 4. The van der Waals surface area contributed by atoms with E-state index in [0.29, 0.717) is 11.6 Å². The van der Waals surface area contributed by atoms with Crippen LogP contribution in [0.3, 0.4) is 0 Å². The van der Waals surface area contributed by atoms with Crippen LogP contribution in [0.25, 0.3) is 0 Å². The summed E-state index contributed by atoms with van der Waals surface area (Å²) in [7, 11) is 0. The summed E-state index contributed by atoms with van der Waals surface area (Å²) in [5.74, 6) is -0.0201. The van der Waals surface area contributed by atoms with Crippen molar-refractivity contribution in [2.45, 2.75) is 46.5 Å². The molecule has 8 heteroatoms. The predicted octanol–water partition coefficient (Wildman–Crippen LogP) is 1.08. The van der Waals surface area contributed by atoms with Gasteiger partial charge in [0.1, 0.15) is 11.6 Å². The molecule has 0 aliphatic rings. The SMILES string of the molecule is CCCC(Cc1c(O)nc(C)[nH]c1=O)Cc1c(O)nc(C)[nH]c1=O. The molecule has 24 heavy (non-hydrogen) atoms. The maximum Gasteiger partial charge on any atom is 0.257 e. The van der Waals surface area contributed by atoms with Gasteiger partial charge in [0.15, 0.2) is 0 Å². The molecule has 0 saturated carbocycles. The highest BCUT2D eigenvalue weighted by molar-refractivity contribution is 5.26. The Morgan fingerprint density at radius 3 is 1.67 bits per heavy atom. The lowest BCUT2D eigenvalue weighted by Crippen LogP contribution is -2.23. The highest BCUT2D eigenvalue weighted by atomic mass is 16.3. The van der Waals surface area contributed by atoms with Crippen LogP contribution in [0.1, 0.15) is 42.5 Å². The minimum atomic E-state index is -0.388. The minimum absolute atomic E-state index is 0.108. The van der Waals surface area contributed by atoms with Gasteiger partial charge in [0.05, 0.1) is 11.1 Å². The first-order valence-corrected chi connectivity index (χ1v) is 7.89. The molecule has 2 aromatic heterocycles. The summed E-state index contributed by atoms with van der Waals surface area (Å²) in [4.78, 5) is 37.0. The van der Waals surface area contributed by atoms with E-state index in [2.05, 4.69) is 19.9 Å². The van der Waals surface area contributed by atoms with Crippen molar-refractivity contribution in [1.82, 2.24) is 19.9 Å². The van der Waals surface area contributed by atoms with E-state index >= 15 is 0 Å². The monoisotopic (exact) mass is 334 g/mol. The average molecular weight is 334 g/mol. The fraction of sp³-hybridized carbons (Fsp3) is 0.500. The van der Waals surface area contributed by atoms with E-state index in [1.807, 2.05) is 6.92 Å². The van der Waals surface area contributed by atoms with Crippen LogP contribution < -0.4 is 11.1 Å². The van der Waals surface area contributed by atoms with Gasteiger partial charge in [-0.1, -0.05) is 19.8 Å². The maximum absolute atomic E-state index is 12.0. The number of nitrogens with zero attached hydrogens (tertiary/aromatic N) is 2. The lowest BCUT2D eigenvalue weighted by Gasteiger charge is -2.16. The Balaban J connectivity index is 2.32. The van der Waals surface area contributed by atoms with Crippen molar-refractivity contribution < 1.29 is 10.2 Å². The lowest BCUT2D eigenvalue weighted by molar-refractivity contribution is 0.405. The van der Waals surface area contributed by atoms with Crippen LogP contribution in [0.4, 0.5) is 0 Å². The zero-order valence-electron chi connectivity index (χ0n) is 14.0. The van der Waals surface area contributed by atoms with Crippen LogP contribution in [0.15, 0.2) is 9.59 Å². The number of rotatable bonds is 6. The molecule has 0 saturated heterocycles. The molecule has 0 aromatic carbocycles. The Bertz CT molecular complexity index is 773. The number of hydrogen-bond acceptors (Lipinski definition) is 6. The molecule has 2 rings (SSSR count). The first-order valence-electron chi connectivity index (χ1n) is 7.89.